The van der Waals surface area contributed by atoms with Crippen LogP contribution in [0, 0.1) is 47.3 Å². The lowest BCUT2D eigenvalue weighted by Gasteiger charge is -2.12. The number of hydrogen-bond donors (Lipinski definition) is 0. The third-order valence-electron chi connectivity index (χ3n) is 3.22. The molecule has 192 valence electrons. The maximum Gasteiger partial charge on any atom is -0.0420 e. The predicted octanol–water partition coefficient (Wildman–Crippen LogP) is 12.0. The molecule has 1 unspecified atom stereocenters. The zero-order valence-corrected chi connectivity index (χ0v) is 26.0. The predicted molar refractivity (Wildman–Crippen MR) is 151 cm³/mol. The Morgan fingerprint density at radius 1 is 0.333 bits per heavy atom. The summed E-state index contributed by atoms with van der Waals surface area (Å²) in [5.74, 6) is 6.82. The van der Waals surface area contributed by atoms with Crippen LogP contribution in [0.4, 0.5) is 0 Å². The molecule has 30 heavy (non-hydrogen) atoms. The van der Waals surface area contributed by atoms with Crippen LogP contribution < -0.4 is 0 Å². The van der Waals surface area contributed by atoms with Crippen LogP contribution in [0.1, 0.15) is 151 Å². The fraction of sp³-hybridized carbons (Fsp3) is 1.00. The van der Waals surface area contributed by atoms with Crippen LogP contribution in [0.15, 0.2) is 0 Å². The Kier molecular flexibility index (Phi) is 49.1. The Labute approximate surface area is 198 Å². The lowest BCUT2D eigenvalue weighted by atomic mass is 9.94. The van der Waals surface area contributed by atoms with Gasteiger partial charge in [0.2, 0.25) is 0 Å². The maximum absolute atomic E-state index is 2.33. The molecule has 0 aliphatic carbocycles. The molecule has 0 aromatic rings. The molecule has 0 aliphatic rings. The molecule has 1 atom stereocenters. The van der Waals surface area contributed by atoms with E-state index in [-0.39, 0.29) is 0 Å². The summed E-state index contributed by atoms with van der Waals surface area (Å²) in [6, 6.07) is 0. The summed E-state index contributed by atoms with van der Waals surface area (Å²) in [6.07, 6.45) is 2.72. The Hall–Kier alpha value is 0. The fourth-order valence-electron chi connectivity index (χ4n) is 0.789. The van der Waals surface area contributed by atoms with E-state index in [1.54, 1.807) is 0 Å². The molecular weight excluding hydrogens is 360 g/mol. The topological polar surface area (TPSA) is 0 Å². The highest BCUT2D eigenvalue weighted by Crippen LogP contribution is 2.14. The van der Waals surface area contributed by atoms with Gasteiger partial charge < -0.3 is 0 Å². The van der Waals surface area contributed by atoms with Crippen molar-refractivity contribution < 1.29 is 0 Å². The average molecular weight is 433 g/mol. The second-order valence-electron chi connectivity index (χ2n) is 12.4. The summed E-state index contributed by atoms with van der Waals surface area (Å²) in [4.78, 5) is 0. The Morgan fingerprint density at radius 2 is 0.500 bits per heavy atom. The lowest BCUT2D eigenvalue weighted by molar-refractivity contribution is 0.389. The summed E-state index contributed by atoms with van der Waals surface area (Å²) in [5.41, 5.74) is 0. The minimum atomic E-state index is 0.833. The molecule has 0 spiro atoms. The van der Waals surface area contributed by atoms with E-state index >= 15 is 0 Å². The van der Waals surface area contributed by atoms with E-state index in [9.17, 15) is 0 Å². The van der Waals surface area contributed by atoms with Crippen molar-refractivity contribution in [2.45, 2.75) is 151 Å². The van der Waals surface area contributed by atoms with E-state index in [0.29, 0.717) is 0 Å². The van der Waals surface area contributed by atoms with Crippen molar-refractivity contribution in [2.24, 2.45) is 47.3 Å². The first-order valence-corrected chi connectivity index (χ1v) is 13.3. The van der Waals surface area contributed by atoms with Crippen molar-refractivity contribution in [3.05, 3.63) is 0 Å². The van der Waals surface area contributed by atoms with Gasteiger partial charge in [-0.1, -0.05) is 151 Å². The van der Waals surface area contributed by atoms with E-state index in [0.717, 1.165) is 47.3 Å². The zero-order valence-electron chi connectivity index (χ0n) is 26.0. The molecule has 0 heteroatoms. The summed E-state index contributed by atoms with van der Waals surface area (Å²) in [7, 11) is 0. The first-order valence-electron chi connectivity index (χ1n) is 13.3. The van der Waals surface area contributed by atoms with Gasteiger partial charge in [-0.3, -0.25) is 0 Å². The van der Waals surface area contributed by atoms with Gasteiger partial charge in [0.05, 0.1) is 0 Å². The quantitative estimate of drug-likeness (QED) is 0.414. The van der Waals surface area contributed by atoms with Crippen molar-refractivity contribution in [1.29, 1.82) is 0 Å². The van der Waals surface area contributed by atoms with Gasteiger partial charge in [0, 0.05) is 0 Å². The van der Waals surface area contributed by atoms with Crippen LogP contribution in [0.25, 0.3) is 0 Å². The van der Waals surface area contributed by atoms with E-state index in [1.807, 2.05) is 0 Å². The lowest BCUT2D eigenvalue weighted by Crippen LogP contribution is -2.02. The second kappa shape index (κ2) is 33.6. The molecule has 0 rings (SSSR count). The molecule has 0 fully saturated rings. The van der Waals surface area contributed by atoms with Gasteiger partial charge >= 0.3 is 0 Å². The van der Waals surface area contributed by atoms with Crippen molar-refractivity contribution in [2.75, 3.05) is 0 Å². The first-order chi connectivity index (χ1) is 13.3. The summed E-state index contributed by atoms with van der Waals surface area (Å²) < 4.78 is 0. The number of rotatable bonds is 4. The standard InChI is InChI=1S/C8H18.C6H14.4C4H10/c1-5-6-8(4)7(2)3;1-5(2)6(3)4;4*1-4(2)3/h7-8H,5-6H2,1-4H3;5-6H,1-4H3;4*4H,1-3H3. The van der Waals surface area contributed by atoms with Crippen LogP contribution in [0.3, 0.4) is 0 Å². The van der Waals surface area contributed by atoms with Crippen molar-refractivity contribution >= 4 is 0 Å². The summed E-state index contributed by atoms with van der Waals surface area (Å²) >= 11 is 0. The molecule has 0 radical (unpaired) electrons. The van der Waals surface area contributed by atoms with E-state index < -0.39 is 0 Å². The molecule has 0 aromatic heterocycles. The van der Waals surface area contributed by atoms with Crippen molar-refractivity contribution in [3.63, 3.8) is 0 Å². The minimum Gasteiger partial charge on any atom is -0.0654 e. The Morgan fingerprint density at radius 3 is 0.533 bits per heavy atom. The van der Waals surface area contributed by atoms with E-state index in [1.165, 1.54) is 12.8 Å². The fourth-order valence-corrected chi connectivity index (χ4v) is 0.789. The van der Waals surface area contributed by atoms with Gasteiger partial charge in [0.15, 0.2) is 0 Å². The molecule has 0 aromatic carbocycles. The highest BCUT2D eigenvalue weighted by Gasteiger charge is 2.03. The Balaban J connectivity index is -0.0000000593. The van der Waals surface area contributed by atoms with Crippen molar-refractivity contribution in [1.82, 2.24) is 0 Å². The monoisotopic (exact) mass is 433 g/mol. The largest absolute Gasteiger partial charge is 0.0654 e. The molecule has 0 nitrogen and oxygen atoms in total. The van der Waals surface area contributed by atoms with Crippen molar-refractivity contribution in [3.8, 4) is 0 Å². The molecule has 0 heterocycles. The maximum atomic E-state index is 2.33. The van der Waals surface area contributed by atoms with Gasteiger partial charge in [-0.25, -0.2) is 0 Å². The molecule has 0 amide bonds. The first kappa shape index (κ1) is 43.8. The average Bonchev–Trinajstić information content (AvgIpc) is 2.45. The third-order valence-corrected chi connectivity index (χ3v) is 3.22. The normalized spacial score (nSPS) is 10.9. The van der Waals surface area contributed by atoms with Gasteiger partial charge in [-0.15, -0.1) is 0 Å². The summed E-state index contributed by atoms with van der Waals surface area (Å²) in [6.45, 7) is 44.1. The van der Waals surface area contributed by atoms with Crippen LogP contribution >= 0.6 is 0 Å². The highest BCUT2D eigenvalue weighted by molar-refractivity contribution is 4.54. The molecule has 0 N–H and O–H groups in total. The molecule has 0 saturated carbocycles. The smallest absolute Gasteiger partial charge is 0.0420 e. The third kappa shape index (κ3) is 169. The van der Waals surface area contributed by atoms with Gasteiger partial charge in [-0.05, 0) is 47.3 Å². The van der Waals surface area contributed by atoms with Crippen LogP contribution in [0.2, 0.25) is 0 Å². The SMILES string of the molecule is CC(C)C.CC(C)C.CC(C)C.CC(C)C.CC(C)C(C)C.CCCC(C)C(C)C. The van der Waals surface area contributed by atoms with Gasteiger partial charge in [0.25, 0.3) is 0 Å². The van der Waals surface area contributed by atoms with Crippen LogP contribution in [-0.2, 0) is 0 Å². The Bertz CT molecular complexity index is 189. The molecular formula is C30H72. The number of hydrogen-bond acceptors (Lipinski definition) is 0. The van der Waals surface area contributed by atoms with E-state index in [2.05, 4.69) is 138 Å². The van der Waals surface area contributed by atoms with Crippen LogP contribution in [0.5, 0.6) is 0 Å². The molecule has 0 aliphatic heterocycles. The molecule has 0 bridgehead atoms. The highest BCUT2D eigenvalue weighted by atomic mass is 14.1. The zero-order chi connectivity index (χ0) is 26.0. The van der Waals surface area contributed by atoms with E-state index in [4.69, 9.17) is 0 Å². The van der Waals surface area contributed by atoms with Crippen LogP contribution in [-0.4, -0.2) is 0 Å². The minimum absolute atomic E-state index is 0.833. The van der Waals surface area contributed by atoms with Gasteiger partial charge in [-0.2, -0.15) is 0 Å². The summed E-state index contributed by atoms with van der Waals surface area (Å²) in [5, 5.41) is 0. The second-order valence-corrected chi connectivity index (χ2v) is 12.4. The van der Waals surface area contributed by atoms with Gasteiger partial charge in [0.1, 0.15) is 0 Å². The molecule has 0 saturated heterocycles.